The topological polar surface area (TPSA) is 41.0 Å². The number of nitrogens with zero attached hydrogens (tertiary/aromatic N) is 3. The first-order valence-corrected chi connectivity index (χ1v) is 7.20. The number of aryl methyl sites for hydroxylation is 1. The van der Waals surface area contributed by atoms with Gasteiger partial charge in [-0.3, -0.25) is 0 Å². The third kappa shape index (κ3) is 2.85. The number of anilines is 3. The Labute approximate surface area is 123 Å². The van der Waals surface area contributed by atoms with E-state index in [0.29, 0.717) is 5.02 Å². The molecule has 0 bridgehead atoms. The van der Waals surface area contributed by atoms with E-state index >= 15 is 0 Å². The lowest BCUT2D eigenvalue weighted by molar-refractivity contribution is 0.928. The lowest BCUT2D eigenvalue weighted by Crippen LogP contribution is -2.19. The molecule has 1 saturated heterocycles. The van der Waals surface area contributed by atoms with Crippen molar-refractivity contribution in [1.29, 1.82) is 0 Å². The molecule has 2 heterocycles. The smallest absolute Gasteiger partial charge is 0.135 e. The van der Waals surface area contributed by atoms with Crippen molar-refractivity contribution >= 4 is 28.9 Å². The van der Waals surface area contributed by atoms with Crippen molar-refractivity contribution in [3.05, 3.63) is 41.2 Å². The molecule has 0 amide bonds. The number of aromatic nitrogens is 2. The Bertz CT molecular complexity index is 609. The zero-order chi connectivity index (χ0) is 13.9. The first-order valence-electron chi connectivity index (χ1n) is 6.82. The molecule has 0 atom stereocenters. The molecule has 0 unspecified atom stereocenters. The lowest BCUT2D eigenvalue weighted by Gasteiger charge is -2.17. The zero-order valence-corrected chi connectivity index (χ0v) is 12.2. The molecule has 1 aromatic carbocycles. The van der Waals surface area contributed by atoms with Gasteiger partial charge in [-0.15, -0.1) is 0 Å². The Morgan fingerprint density at radius 1 is 1.15 bits per heavy atom. The molecule has 104 valence electrons. The van der Waals surface area contributed by atoms with Gasteiger partial charge in [-0.05, 0) is 37.5 Å². The maximum Gasteiger partial charge on any atom is 0.135 e. The van der Waals surface area contributed by atoms with Gasteiger partial charge in [-0.25, -0.2) is 9.97 Å². The highest BCUT2D eigenvalue weighted by Gasteiger charge is 2.14. The van der Waals surface area contributed by atoms with Crippen LogP contribution in [0.25, 0.3) is 0 Å². The fraction of sp³-hybridized carbons (Fsp3) is 0.333. The molecular weight excluding hydrogens is 272 g/mol. The van der Waals surface area contributed by atoms with Gasteiger partial charge in [0, 0.05) is 29.9 Å². The number of rotatable bonds is 3. The second-order valence-corrected chi connectivity index (χ2v) is 5.48. The van der Waals surface area contributed by atoms with Gasteiger partial charge in [0.25, 0.3) is 0 Å². The largest absolute Gasteiger partial charge is 0.356 e. The standard InChI is InChI=1S/C15H17ClN4/c1-11-4-5-12(16)8-13(11)19-14-9-15(18-10-17-14)20-6-2-3-7-20/h4-5,8-10H,2-3,6-7H2,1H3,(H,17,18,19). The minimum absolute atomic E-state index is 0.715. The molecule has 0 saturated carbocycles. The molecule has 0 radical (unpaired) electrons. The first-order chi connectivity index (χ1) is 9.72. The average molecular weight is 289 g/mol. The Kier molecular flexibility index (Phi) is 3.74. The highest BCUT2D eigenvalue weighted by atomic mass is 35.5. The number of hydrogen-bond acceptors (Lipinski definition) is 4. The molecule has 5 heteroatoms. The van der Waals surface area contributed by atoms with Gasteiger partial charge < -0.3 is 10.2 Å². The highest BCUT2D eigenvalue weighted by Crippen LogP contribution is 2.25. The van der Waals surface area contributed by atoms with Crippen LogP contribution in [0.4, 0.5) is 17.3 Å². The summed E-state index contributed by atoms with van der Waals surface area (Å²) >= 11 is 6.04. The maximum absolute atomic E-state index is 6.04. The van der Waals surface area contributed by atoms with Gasteiger partial charge in [0.05, 0.1) is 0 Å². The third-order valence-electron chi connectivity index (χ3n) is 3.55. The van der Waals surface area contributed by atoms with Crippen LogP contribution in [0.5, 0.6) is 0 Å². The summed E-state index contributed by atoms with van der Waals surface area (Å²) in [4.78, 5) is 10.9. The Hall–Kier alpha value is -1.81. The van der Waals surface area contributed by atoms with Gasteiger partial charge in [0.15, 0.2) is 0 Å². The van der Waals surface area contributed by atoms with Crippen LogP contribution in [0.2, 0.25) is 5.02 Å². The summed E-state index contributed by atoms with van der Waals surface area (Å²) in [6.07, 6.45) is 4.08. The third-order valence-corrected chi connectivity index (χ3v) is 3.78. The molecule has 2 aromatic rings. The second kappa shape index (κ2) is 5.67. The van der Waals surface area contributed by atoms with E-state index in [1.54, 1.807) is 6.33 Å². The molecule has 1 aliphatic rings. The van der Waals surface area contributed by atoms with Crippen LogP contribution in [0.3, 0.4) is 0 Å². The maximum atomic E-state index is 6.04. The van der Waals surface area contributed by atoms with Crippen LogP contribution in [0, 0.1) is 6.92 Å². The fourth-order valence-electron chi connectivity index (χ4n) is 2.40. The fourth-order valence-corrected chi connectivity index (χ4v) is 2.57. The van der Waals surface area contributed by atoms with Gasteiger partial charge in [0.2, 0.25) is 0 Å². The molecule has 1 fully saturated rings. The minimum atomic E-state index is 0.715. The molecule has 1 N–H and O–H groups in total. The van der Waals surface area contributed by atoms with Crippen molar-refractivity contribution in [2.75, 3.05) is 23.3 Å². The molecule has 4 nitrogen and oxygen atoms in total. The van der Waals surface area contributed by atoms with Gasteiger partial charge >= 0.3 is 0 Å². The van der Waals surface area contributed by atoms with E-state index < -0.39 is 0 Å². The summed E-state index contributed by atoms with van der Waals surface area (Å²) in [7, 11) is 0. The monoisotopic (exact) mass is 288 g/mol. The van der Waals surface area contributed by atoms with Gasteiger partial charge in [-0.2, -0.15) is 0 Å². The highest BCUT2D eigenvalue weighted by molar-refractivity contribution is 6.30. The Morgan fingerprint density at radius 2 is 1.95 bits per heavy atom. The van der Waals surface area contributed by atoms with Gasteiger partial charge in [0.1, 0.15) is 18.0 Å². The Morgan fingerprint density at radius 3 is 2.75 bits per heavy atom. The van der Waals surface area contributed by atoms with Crippen LogP contribution in [-0.2, 0) is 0 Å². The first kappa shape index (κ1) is 13.2. The summed E-state index contributed by atoms with van der Waals surface area (Å²) < 4.78 is 0. The van der Waals surface area contributed by atoms with Crippen molar-refractivity contribution in [2.24, 2.45) is 0 Å². The summed E-state index contributed by atoms with van der Waals surface area (Å²) in [6, 6.07) is 7.78. The molecule has 3 rings (SSSR count). The van der Waals surface area contributed by atoms with Crippen LogP contribution in [0.1, 0.15) is 18.4 Å². The minimum Gasteiger partial charge on any atom is -0.356 e. The number of nitrogens with one attached hydrogen (secondary N) is 1. The van der Waals surface area contributed by atoms with E-state index in [1.165, 1.54) is 12.8 Å². The van der Waals surface area contributed by atoms with Crippen molar-refractivity contribution in [3.8, 4) is 0 Å². The molecule has 0 spiro atoms. The predicted octanol–water partition coefficient (Wildman–Crippen LogP) is 3.78. The lowest BCUT2D eigenvalue weighted by atomic mass is 10.2. The molecule has 1 aliphatic heterocycles. The number of halogens is 1. The van der Waals surface area contributed by atoms with E-state index in [1.807, 2.05) is 31.2 Å². The SMILES string of the molecule is Cc1ccc(Cl)cc1Nc1cc(N2CCCC2)ncn1. The molecule has 1 aromatic heterocycles. The molecule has 0 aliphatic carbocycles. The van der Waals surface area contributed by atoms with Crippen LogP contribution < -0.4 is 10.2 Å². The van der Waals surface area contributed by atoms with E-state index in [-0.39, 0.29) is 0 Å². The van der Waals surface area contributed by atoms with Crippen LogP contribution >= 0.6 is 11.6 Å². The molecule has 20 heavy (non-hydrogen) atoms. The van der Waals surface area contributed by atoms with E-state index in [4.69, 9.17) is 11.6 Å². The van der Waals surface area contributed by atoms with Crippen molar-refractivity contribution in [2.45, 2.75) is 19.8 Å². The molecular formula is C15H17ClN4. The number of benzene rings is 1. The summed E-state index contributed by atoms with van der Waals surface area (Å²) in [6.45, 7) is 4.19. The second-order valence-electron chi connectivity index (χ2n) is 5.04. The number of hydrogen-bond donors (Lipinski definition) is 1. The van der Waals surface area contributed by atoms with Crippen LogP contribution in [0.15, 0.2) is 30.6 Å². The van der Waals surface area contributed by atoms with E-state index in [0.717, 1.165) is 36.0 Å². The Balaban J connectivity index is 1.83. The normalized spacial score (nSPS) is 14.6. The quantitative estimate of drug-likeness (QED) is 0.933. The van der Waals surface area contributed by atoms with Gasteiger partial charge in [-0.1, -0.05) is 17.7 Å². The van der Waals surface area contributed by atoms with Crippen LogP contribution in [-0.4, -0.2) is 23.1 Å². The summed E-state index contributed by atoms with van der Waals surface area (Å²) in [5.74, 6) is 1.78. The zero-order valence-electron chi connectivity index (χ0n) is 11.4. The average Bonchev–Trinajstić information content (AvgIpc) is 2.97. The summed E-state index contributed by atoms with van der Waals surface area (Å²) in [5.41, 5.74) is 2.11. The van der Waals surface area contributed by atoms with Crippen molar-refractivity contribution < 1.29 is 0 Å². The van der Waals surface area contributed by atoms with Crippen molar-refractivity contribution in [3.63, 3.8) is 0 Å². The predicted molar refractivity (Wildman–Crippen MR) is 83.0 cm³/mol. The summed E-state index contributed by atoms with van der Waals surface area (Å²) in [5, 5.41) is 4.03. The van der Waals surface area contributed by atoms with E-state index in [2.05, 4.69) is 20.2 Å². The van der Waals surface area contributed by atoms with E-state index in [9.17, 15) is 0 Å². The van der Waals surface area contributed by atoms with Crippen molar-refractivity contribution in [1.82, 2.24) is 9.97 Å².